The van der Waals surface area contributed by atoms with Crippen LogP contribution in [0, 0.1) is 6.92 Å². The SMILES string of the molecule is Cc1cc(C(CCc2ccsc2)NN)sc1Br. The van der Waals surface area contributed by atoms with Crippen LogP contribution < -0.4 is 11.3 Å². The normalized spacial score (nSPS) is 12.9. The molecule has 1 atom stereocenters. The molecule has 0 fully saturated rings. The molecular formula is C12H15BrN2S2. The van der Waals surface area contributed by atoms with Crippen LogP contribution in [0.25, 0.3) is 0 Å². The van der Waals surface area contributed by atoms with Crippen LogP contribution >= 0.6 is 38.6 Å². The second kappa shape index (κ2) is 6.11. The fourth-order valence-electron chi connectivity index (χ4n) is 1.71. The van der Waals surface area contributed by atoms with Crippen molar-refractivity contribution >= 4 is 38.6 Å². The van der Waals surface area contributed by atoms with E-state index in [9.17, 15) is 0 Å². The highest BCUT2D eigenvalue weighted by molar-refractivity contribution is 9.11. The number of halogens is 1. The van der Waals surface area contributed by atoms with Crippen molar-refractivity contribution in [3.63, 3.8) is 0 Å². The van der Waals surface area contributed by atoms with Crippen molar-refractivity contribution in [1.82, 2.24) is 5.43 Å². The Morgan fingerprint density at radius 2 is 2.35 bits per heavy atom. The Morgan fingerprint density at radius 3 is 2.88 bits per heavy atom. The zero-order valence-corrected chi connectivity index (χ0v) is 12.8. The van der Waals surface area contributed by atoms with Crippen molar-refractivity contribution in [2.45, 2.75) is 25.8 Å². The van der Waals surface area contributed by atoms with Crippen molar-refractivity contribution < 1.29 is 0 Å². The van der Waals surface area contributed by atoms with E-state index in [2.05, 4.69) is 51.2 Å². The zero-order chi connectivity index (χ0) is 12.3. The van der Waals surface area contributed by atoms with Crippen molar-refractivity contribution in [3.05, 3.63) is 42.7 Å². The summed E-state index contributed by atoms with van der Waals surface area (Å²) in [5.41, 5.74) is 5.58. The molecule has 2 aromatic rings. The van der Waals surface area contributed by atoms with Gasteiger partial charge in [-0.05, 0) is 69.7 Å². The van der Waals surface area contributed by atoms with Gasteiger partial charge in [0.2, 0.25) is 0 Å². The molecule has 0 amide bonds. The Hall–Kier alpha value is -0.200. The average Bonchev–Trinajstić information content (AvgIpc) is 2.91. The summed E-state index contributed by atoms with van der Waals surface area (Å²) in [5, 5.41) is 4.31. The fraction of sp³-hybridized carbons (Fsp3) is 0.333. The second-order valence-electron chi connectivity index (χ2n) is 4.00. The third-order valence-corrected chi connectivity index (χ3v) is 5.71. The number of hydrogen-bond acceptors (Lipinski definition) is 4. The van der Waals surface area contributed by atoms with Gasteiger partial charge in [0, 0.05) is 4.88 Å². The number of thiophene rings is 2. The Labute approximate surface area is 118 Å². The van der Waals surface area contributed by atoms with Crippen LogP contribution in [0.5, 0.6) is 0 Å². The van der Waals surface area contributed by atoms with Gasteiger partial charge in [-0.2, -0.15) is 11.3 Å². The molecule has 17 heavy (non-hydrogen) atoms. The molecule has 5 heteroatoms. The second-order valence-corrected chi connectivity index (χ2v) is 7.18. The van der Waals surface area contributed by atoms with Gasteiger partial charge in [-0.25, -0.2) is 0 Å². The van der Waals surface area contributed by atoms with E-state index in [1.54, 1.807) is 22.7 Å². The largest absolute Gasteiger partial charge is 0.271 e. The molecule has 0 aliphatic heterocycles. The predicted octanol–water partition coefficient (Wildman–Crippen LogP) is 4.02. The lowest BCUT2D eigenvalue weighted by molar-refractivity contribution is 0.524. The Bertz CT molecular complexity index is 445. The van der Waals surface area contributed by atoms with Gasteiger partial charge in [-0.1, -0.05) is 0 Å². The minimum Gasteiger partial charge on any atom is -0.271 e. The van der Waals surface area contributed by atoms with Gasteiger partial charge in [0.15, 0.2) is 0 Å². The molecule has 0 aliphatic rings. The molecule has 2 rings (SSSR count). The maximum absolute atomic E-state index is 5.65. The van der Waals surface area contributed by atoms with Crippen molar-refractivity contribution in [1.29, 1.82) is 0 Å². The van der Waals surface area contributed by atoms with E-state index in [0.29, 0.717) is 0 Å². The molecule has 2 nitrogen and oxygen atoms in total. The average molecular weight is 331 g/mol. The molecule has 0 aliphatic carbocycles. The first-order valence-electron chi connectivity index (χ1n) is 5.43. The van der Waals surface area contributed by atoms with Crippen LogP contribution in [-0.4, -0.2) is 0 Å². The summed E-state index contributed by atoms with van der Waals surface area (Å²) in [4.78, 5) is 1.30. The van der Waals surface area contributed by atoms with E-state index in [0.717, 1.165) is 12.8 Å². The topological polar surface area (TPSA) is 38.0 Å². The molecule has 0 spiro atoms. The summed E-state index contributed by atoms with van der Waals surface area (Å²) < 4.78 is 1.20. The Kier molecular flexibility index (Phi) is 4.76. The molecule has 0 aromatic carbocycles. The molecule has 1 unspecified atom stereocenters. The fourth-order valence-corrected chi connectivity index (χ4v) is 4.08. The molecular weight excluding hydrogens is 316 g/mol. The first-order valence-corrected chi connectivity index (χ1v) is 7.99. The van der Waals surface area contributed by atoms with Crippen LogP contribution in [-0.2, 0) is 6.42 Å². The smallest absolute Gasteiger partial charge is 0.0731 e. The number of hydrazine groups is 1. The molecule has 0 radical (unpaired) electrons. The lowest BCUT2D eigenvalue weighted by Gasteiger charge is -2.13. The molecule has 0 saturated heterocycles. The first kappa shape index (κ1) is 13.2. The minimum atomic E-state index is 0.241. The van der Waals surface area contributed by atoms with Crippen LogP contribution in [0.3, 0.4) is 0 Å². The van der Waals surface area contributed by atoms with E-state index < -0.39 is 0 Å². The van der Waals surface area contributed by atoms with E-state index in [-0.39, 0.29) is 6.04 Å². The maximum atomic E-state index is 5.65. The van der Waals surface area contributed by atoms with Crippen molar-refractivity contribution in [2.75, 3.05) is 0 Å². The van der Waals surface area contributed by atoms with E-state index in [1.165, 1.54) is 19.8 Å². The molecule has 0 bridgehead atoms. The van der Waals surface area contributed by atoms with E-state index in [1.807, 2.05) is 0 Å². The summed E-state index contributed by atoms with van der Waals surface area (Å²) in [7, 11) is 0. The van der Waals surface area contributed by atoms with Crippen molar-refractivity contribution in [2.24, 2.45) is 5.84 Å². The standard InChI is InChI=1S/C12H15BrN2S2/c1-8-6-11(17-12(8)13)10(15-14)3-2-9-4-5-16-7-9/h4-7,10,15H,2-3,14H2,1H3. The lowest BCUT2D eigenvalue weighted by atomic mass is 10.1. The van der Waals surface area contributed by atoms with Gasteiger partial charge in [-0.15, -0.1) is 11.3 Å². The van der Waals surface area contributed by atoms with Gasteiger partial charge < -0.3 is 0 Å². The van der Waals surface area contributed by atoms with Crippen LogP contribution in [0.4, 0.5) is 0 Å². The third kappa shape index (κ3) is 3.39. The van der Waals surface area contributed by atoms with Gasteiger partial charge >= 0.3 is 0 Å². The summed E-state index contributed by atoms with van der Waals surface area (Å²) in [6, 6.07) is 4.62. The van der Waals surface area contributed by atoms with Crippen LogP contribution in [0.2, 0.25) is 0 Å². The first-order chi connectivity index (χ1) is 8.20. The predicted molar refractivity (Wildman–Crippen MR) is 79.5 cm³/mol. The number of nitrogens with two attached hydrogens (primary N) is 1. The molecule has 2 aromatic heterocycles. The van der Waals surface area contributed by atoms with Gasteiger partial charge in [0.05, 0.1) is 9.83 Å². The van der Waals surface area contributed by atoms with Gasteiger partial charge in [-0.3, -0.25) is 11.3 Å². The minimum absolute atomic E-state index is 0.241. The van der Waals surface area contributed by atoms with Crippen LogP contribution in [0.15, 0.2) is 26.7 Å². The quantitative estimate of drug-likeness (QED) is 0.641. The Balaban J connectivity index is 2.01. The summed E-state index contributed by atoms with van der Waals surface area (Å²) in [6.07, 6.45) is 2.09. The molecule has 0 saturated carbocycles. The summed E-state index contributed by atoms with van der Waals surface area (Å²) >= 11 is 7.06. The highest BCUT2D eigenvalue weighted by Crippen LogP contribution is 2.32. The molecule has 92 valence electrons. The maximum Gasteiger partial charge on any atom is 0.0731 e. The summed E-state index contributed by atoms with van der Waals surface area (Å²) in [5.74, 6) is 5.65. The summed E-state index contributed by atoms with van der Waals surface area (Å²) in [6.45, 7) is 2.11. The molecule has 2 heterocycles. The number of nitrogens with one attached hydrogen (secondary N) is 1. The molecule has 3 N–H and O–H groups in total. The third-order valence-electron chi connectivity index (χ3n) is 2.72. The Morgan fingerprint density at radius 1 is 1.53 bits per heavy atom. The monoisotopic (exact) mass is 330 g/mol. The van der Waals surface area contributed by atoms with E-state index in [4.69, 9.17) is 5.84 Å². The number of rotatable bonds is 5. The van der Waals surface area contributed by atoms with Gasteiger partial charge in [0.1, 0.15) is 0 Å². The van der Waals surface area contributed by atoms with E-state index >= 15 is 0 Å². The number of hydrogen-bond donors (Lipinski definition) is 2. The highest BCUT2D eigenvalue weighted by Gasteiger charge is 2.13. The zero-order valence-electron chi connectivity index (χ0n) is 9.57. The van der Waals surface area contributed by atoms with Crippen molar-refractivity contribution in [3.8, 4) is 0 Å². The van der Waals surface area contributed by atoms with Crippen LogP contribution in [0.1, 0.15) is 28.5 Å². The lowest BCUT2D eigenvalue weighted by Crippen LogP contribution is -2.27. The van der Waals surface area contributed by atoms with Gasteiger partial charge in [0.25, 0.3) is 0 Å². The number of aryl methyl sites for hydroxylation is 2. The highest BCUT2D eigenvalue weighted by atomic mass is 79.9.